The maximum absolute atomic E-state index is 15.5. The number of nitrogens with zero attached hydrogens (tertiary/aromatic N) is 2. The van der Waals surface area contributed by atoms with Gasteiger partial charge in [0.2, 0.25) is 0 Å². The van der Waals surface area contributed by atoms with E-state index >= 15 is 8.78 Å². The Labute approximate surface area is 165 Å². The quantitative estimate of drug-likeness (QED) is 0.747. The summed E-state index contributed by atoms with van der Waals surface area (Å²) in [4.78, 5) is 3.91. The molecule has 152 valence electrons. The number of hydrogen-bond donors (Lipinski definition) is 1. The lowest BCUT2D eigenvalue weighted by Gasteiger charge is -2.42. The van der Waals surface area contributed by atoms with Gasteiger partial charge in [-0.15, -0.1) is 0 Å². The van der Waals surface area contributed by atoms with Gasteiger partial charge in [-0.2, -0.15) is 5.26 Å². The monoisotopic (exact) mass is 405 g/mol. The highest BCUT2D eigenvalue weighted by molar-refractivity contribution is 5.82. The molecule has 2 aromatic rings. The van der Waals surface area contributed by atoms with Gasteiger partial charge in [-0.05, 0) is 56.7 Å². The van der Waals surface area contributed by atoms with Crippen molar-refractivity contribution in [1.29, 1.82) is 5.26 Å². The van der Waals surface area contributed by atoms with Gasteiger partial charge in [0.1, 0.15) is 29.7 Å². The normalized spacial score (nSPS) is 23.0. The molecule has 4 nitrogen and oxygen atoms in total. The van der Waals surface area contributed by atoms with Crippen molar-refractivity contribution in [3.8, 4) is 17.2 Å². The highest BCUT2D eigenvalue weighted by Gasteiger charge is 2.63. The number of benzene rings is 2. The minimum Gasteiger partial charge on any atom is -0.385 e. The zero-order valence-electron chi connectivity index (χ0n) is 16.1. The van der Waals surface area contributed by atoms with E-state index in [1.54, 1.807) is 0 Å². The summed E-state index contributed by atoms with van der Waals surface area (Å²) in [6, 6.07) is 8.86. The number of alkyl halides is 2. The first-order valence-corrected chi connectivity index (χ1v) is 8.79. The second-order valence-electron chi connectivity index (χ2n) is 7.55. The first-order valence-electron chi connectivity index (χ1n) is 8.79. The highest BCUT2D eigenvalue weighted by Crippen LogP contribution is 2.51. The van der Waals surface area contributed by atoms with E-state index in [9.17, 15) is 8.78 Å². The fourth-order valence-electron chi connectivity index (χ4n) is 3.43. The maximum atomic E-state index is 15.5. The Bertz CT molecular complexity index is 1040. The summed E-state index contributed by atoms with van der Waals surface area (Å²) < 4.78 is 65.3. The second-order valence-corrected chi connectivity index (χ2v) is 7.55. The number of ether oxygens (including phenoxy) is 1. The van der Waals surface area contributed by atoms with E-state index in [0.29, 0.717) is 0 Å². The summed E-state index contributed by atoms with van der Waals surface area (Å²) >= 11 is 0. The molecule has 1 unspecified atom stereocenters. The van der Waals surface area contributed by atoms with E-state index in [1.165, 1.54) is 32.0 Å². The van der Waals surface area contributed by atoms with E-state index in [4.69, 9.17) is 15.7 Å². The number of halogens is 4. The van der Waals surface area contributed by atoms with Crippen molar-refractivity contribution < 1.29 is 22.3 Å². The summed E-state index contributed by atoms with van der Waals surface area (Å²) in [7, 11) is 0. The van der Waals surface area contributed by atoms with Gasteiger partial charge in [-0.25, -0.2) is 17.6 Å². The van der Waals surface area contributed by atoms with E-state index in [0.717, 1.165) is 25.1 Å². The Hall–Kier alpha value is -2.92. The molecule has 1 aliphatic heterocycles. The number of nitrogens with two attached hydrogens (primary N) is 1. The lowest BCUT2D eigenvalue weighted by Crippen LogP contribution is -2.56. The predicted octanol–water partition coefficient (Wildman–Crippen LogP) is 4.52. The maximum Gasteiger partial charge on any atom is 0.304 e. The van der Waals surface area contributed by atoms with Crippen LogP contribution >= 0.6 is 0 Å². The van der Waals surface area contributed by atoms with Gasteiger partial charge < -0.3 is 10.5 Å². The molecule has 2 aromatic carbocycles. The first-order chi connectivity index (χ1) is 13.4. The summed E-state index contributed by atoms with van der Waals surface area (Å²) in [5.41, 5.74) is 1.16. The van der Waals surface area contributed by atoms with Crippen molar-refractivity contribution in [3.63, 3.8) is 0 Å². The van der Waals surface area contributed by atoms with Crippen LogP contribution in [0.15, 0.2) is 41.4 Å². The Morgan fingerprint density at radius 3 is 2.38 bits per heavy atom. The van der Waals surface area contributed by atoms with Crippen molar-refractivity contribution in [1.82, 2.24) is 0 Å². The van der Waals surface area contributed by atoms with Gasteiger partial charge in [-0.3, -0.25) is 4.99 Å². The molecule has 0 saturated heterocycles. The minimum absolute atomic E-state index is 0.0155. The number of rotatable bonds is 2. The smallest absolute Gasteiger partial charge is 0.304 e. The number of nitriles is 1. The van der Waals surface area contributed by atoms with Crippen LogP contribution in [0.1, 0.15) is 31.9 Å². The Balaban J connectivity index is 2.27. The van der Waals surface area contributed by atoms with Crippen LogP contribution in [-0.2, 0) is 10.3 Å². The zero-order chi connectivity index (χ0) is 21.6. The molecule has 8 heteroatoms. The molecule has 1 heterocycles. The Morgan fingerprint density at radius 1 is 1.07 bits per heavy atom. The summed E-state index contributed by atoms with van der Waals surface area (Å²) in [6.07, 6.45) is 0. The lowest BCUT2D eigenvalue weighted by molar-refractivity contribution is -0.214. The number of hydrogen-bond acceptors (Lipinski definition) is 4. The van der Waals surface area contributed by atoms with Crippen LogP contribution in [0.4, 0.5) is 17.6 Å². The van der Waals surface area contributed by atoms with Gasteiger partial charge in [0.15, 0.2) is 5.54 Å². The van der Waals surface area contributed by atoms with Gasteiger partial charge >= 0.3 is 5.92 Å². The van der Waals surface area contributed by atoms with Crippen LogP contribution in [0.25, 0.3) is 11.1 Å². The molecule has 0 radical (unpaired) electrons. The third kappa shape index (κ3) is 3.25. The Morgan fingerprint density at radius 2 is 1.72 bits per heavy atom. The molecule has 0 bridgehead atoms. The minimum atomic E-state index is -3.66. The molecule has 29 heavy (non-hydrogen) atoms. The third-order valence-corrected chi connectivity index (χ3v) is 5.21. The van der Waals surface area contributed by atoms with Crippen LogP contribution in [-0.4, -0.2) is 24.0 Å². The second kappa shape index (κ2) is 6.85. The highest BCUT2D eigenvalue weighted by atomic mass is 19.3. The van der Waals surface area contributed by atoms with E-state index < -0.39 is 34.3 Å². The molecular formula is C21H19F4N3O. The van der Waals surface area contributed by atoms with Crippen molar-refractivity contribution in [3.05, 3.63) is 59.2 Å². The molecule has 0 spiro atoms. The molecule has 2 N–H and O–H groups in total. The summed E-state index contributed by atoms with van der Waals surface area (Å²) in [5, 5.41) is 9.05. The van der Waals surface area contributed by atoms with Gasteiger partial charge in [0.25, 0.3) is 0 Å². The topological polar surface area (TPSA) is 71.4 Å². The van der Waals surface area contributed by atoms with Crippen molar-refractivity contribution >= 4 is 5.84 Å². The van der Waals surface area contributed by atoms with Crippen LogP contribution < -0.4 is 5.73 Å². The molecule has 0 aliphatic carbocycles. The van der Waals surface area contributed by atoms with E-state index in [-0.39, 0.29) is 29.1 Å². The fraction of sp³-hybridized carbons (Fsp3) is 0.333. The van der Waals surface area contributed by atoms with Gasteiger partial charge in [0.05, 0.1) is 11.6 Å². The molecule has 0 aromatic heterocycles. The molecular weight excluding hydrogens is 386 g/mol. The third-order valence-electron chi connectivity index (χ3n) is 5.21. The average molecular weight is 405 g/mol. The van der Waals surface area contributed by atoms with Crippen molar-refractivity contribution in [2.24, 2.45) is 10.7 Å². The van der Waals surface area contributed by atoms with E-state index in [1.807, 2.05) is 6.07 Å². The molecule has 1 aliphatic rings. The standard InChI is InChI=1S/C21H19F4N3O/c1-19(2)21(24,25)20(3,28-18(27)11-29-19)15-9-13(5-7-17(15)23)14-8-12(10-26)4-6-16(14)22/h4-9H,11H2,1-3H3,(H2,27,28). The number of aliphatic imine (C=N–C) groups is 1. The molecule has 0 saturated carbocycles. The molecule has 0 amide bonds. The summed E-state index contributed by atoms with van der Waals surface area (Å²) in [6.45, 7) is 3.09. The SMILES string of the molecule is CC1(C)OCC(N)=NC(C)(c2cc(-c3cc(C#N)ccc3F)ccc2F)C1(F)F. The molecule has 0 fully saturated rings. The van der Waals surface area contributed by atoms with Crippen LogP contribution in [0, 0.1) is 23.0 Å². The van der Waals surface area contributed by atoms with Gasteiger partial charge in [0, 0.05) is 11.1 Å². The van der Waals surface area contributed by atoms with Crippen molar-refractivity contribution in [2.45, 2.75) is 37.8 Å². The average Bonchev–Trinajstić information content (AvgIpc) is 2.72. The molecule has 3 rings (SSSR count). The lowest BCUT2D eigenvalue weighted by atomic mass is 9.77. The van der Waals surface area contributed by atoms with Crippen LogP contribution in [0.5, 0.6) is 0 Å². The van der Waals surface area contributed by atoms with Crippen molar-refractivity contribution in [2.75, 3.05) is 6.61 Å². The van der Waals surface area contributed by atoms with E-state index in [2.05, 4.69) is 4.99 Å². The summed E-state index contributed by atoms with van der Waals surface area (Å²) in [5.74, 6) is -5.48. The van der Waals surface area contributed by atoms with Crippen LogP contribution in [0.3, 0.4) is 0 Å². The fourth-order valence-corrected chi connectivity index (χ4v) is 3.43. The predicted molar refractivity (Wildman–Crippen MR) is 100 cm³/mol. The first kappa shape index (κ1) is 20.8. The van der Waals surface area contributed by atoms with Crippen LogP contribution in [0.2, 0.25) is 0 Å². The zero-order valence-corrected chi connectivity index (χ0v) is 16.1. The largest absolute Gasteiger partial charge is 0.385 e. The Kier molecular flexibility index (Phi) is 4.91. The van der Waals surface area contributed by atoms with Gasteiger partial charge in [-0.1, -0.05) is 6.07 Å². The number of amidine groups is 1. The molecule has 1 atom stereocenters.